The number of hydrogen-bond donors (Lipinski definition) is 2. The summed E-state index contributed by atoms with van der Waals surface area (Å²) in [5, 5.41) is 5.36. The van der Waals surface area contributed by atoms with E-state index in [1.54, 1.807) is 26.4 Å². The van der Waals surface area contributed by atoms with Gasteiger partial charge in [0.1, 0.15) is 0 Å². The second-order valence-electron chi connectivity index (χ2n) is 3.54. The van der Waals surface area contributed by atoms with Gasteiger partial charge in [-0.2, -0.15) is 0 Å². The Morgan fingerprint density at radius 3 is 2.61 bits per heavy atom. The van der Waals surface area contributed by atoms with Crippen LogP contribution in [0.4, 0.5) is 4.79 Å². The number of urea groups is 1. The van der Waals surface area contributed by atoms with E-state index in [2.05, 4.69) is 17.2 Å². The van der Waals surface area contributed by atoms with Crippen molar-refractivity contribution in [2.24, 2.45) is 0 Å². The SMILES string of the molecule is C=CCNC(=O)NCc1ccc(OC)c(OC)c1. The van der Waals surface area contributed by atoms with E-state index in [1.807, 2.05) is 12.1 Å². The van der Waals surface area contributed by atoms with Gasteiger partial charge in [-0.15, -0.1) is 6.58 Å². The van der Waals surface area contributed by atoms with Gasteiger partial charge in [0.15, 0.2) is 11.5 Å². The molecular formula is C13H18N2O3. The Morgan fingerprint density at radius 1 is 1.28 bits per heavy atom. The van der Waals surface area contributed by atoms with Gasteiger partial charge in [-0.05, 0) is 17.7 Å². The van der Waals surface area contributed by atoms with E-state index in [0.717, 1.165) is 5.56 Å². The van der Waals surface area contributed by atoms with Gasteiger partial charge < -0.3 is 20.1 Å². The maximum absolute atomic E-state index is 11.3. The lowest BCUT2D eigenvalue weighted by atomic mass is 10.2. The first kappa shape index (κ1) is 13.9. The van der Waals surface area contributed by atoms with Gasteiger partial charge >= 0.3 is 6.03 Å². The molecule has 0 aromatic heterocycles. The highest BCUT2D eigenvalue weighted by Crippen LogP contribution is 2.27. The number of hydrogen-bond acceptors (Lipinski definition) is 3. The number of benzene rings is 1. The van der Waals surface area contributed by atoms with Gasteiger partial charge in [-0.3, -0.25) is 0 Å². The van der Waals surface area contributed by atoms with E-state index in [-0.39, 0.29) is 6.03 Å². The van der Waals surface area contributed by atoms with Crippen molar-refractivity contribution in [1.29, 1.82) is 0 Å². The van der Waals surface area contributed by atoms with Crippen molar-refractivity contribution in [2.75, 3.05) is 20.8 Å². The Labute approximate surface area is 107 Å². The predicted octanol–water partition coefficient (Wildman–Crippen LogP) is 1.69. The molecule has 0 atom stereocenters. The molecule has 1 rings (SSSR count). The van der Waals surface area contributed by atoms with Gasteiger partial charge in [0.2, 0.25) is 0 Å². The van der Waals surface area contributed by atoms with Crippen LogP contribution >= 0.6 is 0 Å². The number of amides is 2. The number of carbonyl (C=O) groups is 1. The minimum atomic E-state index is -0.232. The van der Waals surface area contributed by atoms with Crippen molar-refractivity contribution in [1.82, 2.24) is 10.6 Å². The Hall–Kier alpha value is -2.17. The van der Waals surface area contributed by atoms with Crippen molar-refractivity contribution in [3.8, 4) is 11.5 Å². The summed E-state index contributed by atoms with van der Waals surface area (Å²) in [6.07, 6.45) is 1.62. The zero-order valence-electron chi connectivity index (χ0n) is 10.7. The van der Waals surface area contributed by atoms with E-state index in [9.17, 15) is 4.79 Å². The van der Waals surface area contributed by atoms with Gasteiger partial charge in [0.25, 0.3) is 0 Å². The minimum Gasteiger partial charge on any atom is -0.493 e. The molecule has 5 heteroatoms. The Balaban J connectivity index is 2.57. The van der Waals surface area contributed by atoms with Crippen LogP contribution in [0.15, 0.2) is 30.9 Å². The van der Waals surface area contributed by atoms with Crippen LogP contribution in [-0.4, -0.2) is 26.8 Å². The Morgan fingerprint density at radius 2 is 2.00 bits per heavy atom. The van der Waals surface area contributed by atoms with Crippen molar-refractivity contribution in [2.45, 2.75) is 6.54 Å². The predicted molar refractivity (Wildman–Crippen MR) is 70.0 cm³/mol. The lowest BCUT2D eigenvalue weighted by molar-refractivity contribution is 0.241. The molecule has 0 fully saturated rings. The summed E-state index contributed by atoms with van der Waals surface area (Å²) >= 11 is 0. The molecule has 0 bridgehead atoms. The van der Waals surface area contributed by atoms with Crippen LogP contribution in [0.3, 0.4) is 0 Å². The fourth-order valence-corrected chi connectivity index (χ4v) is 1.40. The average molecular weight is 250 g/mol. The quantitative estimate of drug-likeness (QED) is 0.755. The summed E-state index contributed by atoms with van der Waals surface area (Å²) < 4.78 is 10.3. The van der Waals surface area contributed by atoms with Crippen molar-refractivity contribution in [3.63, 3.8) is 0 Å². The molecule has 0 radical (unpaired) electrons. The van der Waals surface area contributed by atoms with Crippen molar-refractivity contribution < 1.29 is 14.3 Å². The maximum atomic E-state index is 11.3. The molecule has 1 aromatic rings. The molecule has 1 aromatic carbocycles. The zero-order valence-corrected chi connectivity index (χ0v) is 10.7. The first-order valence-corrected chi connectivity index (χ1v) is 5.54. The second kappa shape index (κ2) is 7.21. The Kier molecular flexibility index (Phi) is 5.57. The van der Waals surface area contributed by atoms with Crippen LogP contribution in [0.2, 0.25) is 0 Å². The number of ether oxygens (including phenoxy) is 2. The molecule has 2 amide bonds. The van der Waals surface area contributed by atoms with Gasteiger partial charge in [0, 0.05) is 13.1 Å². The van der Waals surface area contributed by atoms with Gasteiger partial charge in [-0.1, -0.05) is 12.1 Å². The summed E-state index contributed by atoms with van der Waals surface area (Å²) in [6, 6.07) is 5.27. The van der Waals surface area contributed by atoms with Crippen molar-refractivity contribution in [3.05, 3.63) is 36.4 Å². The second-order valence-corrected chi connectivity index (χ2v) is 3.54. The standard InChI is InChI=1S/C13H18N2O3/c1-4-7-14-13(16)15-9-10-5-6-11(17-2)12(8-10)18-3/h4-6,8H,1,7,9H2,2-3H3,(H2,14,15,16). The summed E-state index contributed by atoms with van der Waals surface area (Å²) in [5.74, 6) is 1.31. The van der Waals surface area contributed by atoms with Crippen LogP contribution in [-0.2, 0) is 6.54 Å². The molecule has 0 unspecified atom stereocenters. The number of methoxy groups -OCH3 is 2. The highest BCUT2D eigenvalue weighted by atomic mass is 16.5. The van der Waals surface area contributed by atoms with Crippen LogP contribution in [0, 0.1) is 0 Å². The summed E-state index contributed by atoms with van der Waals surface area (Å²) in [5.41, 5.74) is 0.932. The van der Waals surface area contributed by atoms with E-state index >= 15 is 0 Å². The average Bonchev–Trinajstić information content (AvgIpc) is 2.42. The van der Waals surface area contributed by atoms with Crippen LogP contribution in [0.25, 0.3) is 0 Å². The van der Waals surface area contributed by atoms with E-state index in [4.69, 9.17) is 9.47 Å². The summed E-state index contributed by atoms with van der Waals surface area (Å²) in [7, 11) is 3.16. The number of nitrogens with one attached hydrogen (secondary N) is 2. The lowest BCUT2D eigenvalue weighted by Gasteiger charge is -2.10. The highest BCUT2D eigenvalue weighted by Gasteiger charge is 2.05. The maximum Gasteiger partial charge on any atom is 0.315 e. The number of rotatable bonds is 6. The largest absolute Gasteiger partial charge is 0.493 e. The molecule has 0 heterocycles. The lowest BCUT2D eigenvalue weighted by Crippen LogP contribution is -2.34. The molecule has 0 saturated carbocycles. The van der Waals surface area contributed by atoms with E-state index in [1.165, 1.54) is 0 Å². The van der Waals surface area contributed by atoms with E-state index < -0.39 is 0 Å². The third-order valence-electron chi connectivity index (χ3n) is 2.31. The molecule has 0 aliphatic carbocycles. The zero-order chi connectivity index (χ0) is 13.4. The molecule has 98 valence electrons. The molecule has 0 aliphatic rings. The number of carbonyl (C=O) groups excluding carboxylic acids is 1. The van der Waals surface area contributed by atoms with Gasteiger partial charge in [0.05, 0.1) is 14.2 Å². The smallest absolute Gasteiger partial charge is 0.315 e. The third-order valence-corrected chi connectivity index (χ3v) is 2.31. The van der Waals surface area contributed by atoms with Gasteiger partial charge in [-0.25, -0.2) is 4.79 Å². The first-order chi connectivity index (χ1) is 8.71. The monoisotopic (exact) mass is 250 g/mol. The Bertz CT molecular complexity index is 419. The van der Waals surface area contributed by atoms with Crippen molar-refractivity contribution >= 4 is 6.03 Å². The topological polar surface area (TPSA) is 59.6 Å². The molecular weight excluding hydrogens is 232 g/mol. The van der Waals surface area contributed by atoms with Crippen LogP contribution in [0.1, 0.15) is 5.56 Å². The first-order valence-electron chi connectivity index (χ1n) is 5.54. The summed E-state index contributed by atoms with van der Waals surface area (Å²) in [6.45, 7) is 4.38. The molecule has 0 spiro atoms. The molecule has 0 saturated heterocycles. The third kappa shape index (κ3) is 4.01. The van der Waals surface area contributed by atoms with Crippen LogP contribution in [0.5, 0.6) is 11.5 Å². The molecule has 2 N–H and O–H groups in total. The highest BCUT2D eigenvalue weighted by molar-refractivity contribution is 5.73. The molecule has 5 nitrogen and oxygen atoms in total. The summed E-state index contributed by atoms with van der Waals surface area (Å²) in [4.78, 5) is 11.3. The molecule has 0 aliphatic heterocycles. The van der Waals surface area contributed by atoms with E-state index in [0.29, 0.717) is 24.6 Å². The molecule has 18 heavy (non-hydrogen) atoms. The normalized spacial score (nSPS) is 9.44. The van der Waals surface area contributed by atoms with Crippen LogP contribution < -0.4 is 20.1 Å². The fraction of sp³-hybridized carbons (Fsp3) is 0.308. The fourth-order valence-electron chi connectivity index (χ4n) is 1.40. The minimum absolute atomic E-state index is 0.232.